The Labute approximate surface area is 170 Å². The number of hydrogen-bond acceptors (Lipinski definition) is 4. The number of benzene rings is 1. The molecular formula is C20H20F3N3O2S. The molecule has 0 spiro atoms. The smallest absolute Gasteiger partial charge is 0.393 e. The van der Waals surface area contributed by atoms with E-state index in [1.54, 1.807) is 34.5 Å². The molecule has 0 saturated heterocycles. The molecule has 0 radical (unpaired) electrons. The third-order valence-electron chi connectivity index (χ3n) is 4.00. The van der Waals surface area contributed by atoms with Crippen molar-refractivity contribution >= 4 is 22.6 Å². The van der Waals surface area contributed by atoms with Gasteiger partial charge < -0.3 is 9.30 Å². The minimum atomic E-state index is -4.41. The second kappa shape index (κ2) is 8.69. The van der Waals surface area contributed by atoms with Crippen molar-refractivity contribution in [2.45, 2.75) is 33.0 Å². The van der Waals surface area contributed by atoms with Crippen LogP contribution >= 0.6 is 11.3 Å². The molecule has 1 N–H and O–H groups in total. The summed E-state index contributed by atoms with van der Waals surface area (Å²) in [7, 11) is 0. The molecule has 2 heterocycles. The van der Waals surface area contributed by atoms with Gasteiger partial charge in [-0.1, -0.05) is 26.0 Å². The Kier molecular flexibility index (Phi) is 6.26. The van der Waals surface area contributed by atoms with Crippen LogP contribution in [0.3, 0.4) is 0 Å². The molecule has 0 bridgehead atoms. The first-order valence-corrected chi connectivity index (χ1v) is 9.82. The van der Waals surface area contributed by atoms with E-state index in [1.165, 1.54) is 17.4 Å². The lowest BCUT2D eigenvalue weighted by atomic mass is 10.1. The highest BCUT2D eigenvalue weighted by atomic mass is 32.1. The highest BCUT2D eigenvalue weighted by Crippen LogP contribution is 2.30. The summed E-state index contributed by atoms with van der Waals surface area (Å²) >= 11 is 1.25. The average Bonchev–Trinajstić information content (AvgIpc) is 3.24. The Balaban J connectivity index is 1.82. The predicted molar refractivity (Wildman–Crippen MR) is 105 cm³/mol. The summed E-state index contributed by atoms with van der Waals surface area (Å²) in [6.07, 6.45) is -1.02. The second-order valence-corrected chi connectivity index (χ2v) is 7.86. The van der Waals surface area contributed by atoms with Gasteiger partial charge >= 0.3 is 12.3 Å². The zero-order valence-corrected chi connectivity index (χ0v) is 16.7. The van der Waals surface area contributed by atoms with E-state index in [-0.39, 0.29) is 12.4 Å². The van der Waals surface area contributed by atoms with Gasteiger partial charge in [0.2, 0.25) is 5.88 Å². The standard InChI is InChI=1S/C20H20F3N3O2S/c1-13(2)8-15-10-17(28-19(27)25-18-24-6-7-29-18)26(12-15)11-14-4-3-5-16(9-14)20(21,22)23/h3-7,9-10,12-13H,8,11H2,1-2H3,(H,24,25,27). The van der Waals surface area contributed by atoms with Crippen molar-refractivity contribution < 1.29 is 22.7 Å². The number of alkyl halides is 3. The van der Waals surface area contributed by atoms with Crippen LogP contribution in [0.25, 0.3) is 0 Å². The van der Waals surface area contributed by atoms with Crippen molar-refractivity contribution in [3.05, 3.63) is 64.8 Å². The first-order valence-electron chi connectivity index (χ1n) is 8.94. The summed E-state index contributed by atoms with van der Waals surface area (Å²) in [4.78, 5) is 16.1. The number of carbonyl (C=O) groups excluding carboxylic acids is 1. The SMILES string of the molecule is CC(C)Cc1cc(OC(=O)Nc2nccs2)n(Cc2cccc(C(F)(F)F)c2)c1. The van der Waals surface area contributed by atoms with E-state index >= 15 is 0 Å². The Morgan fingerprint density at radius 3 is 2.72 bits per heavy atom. The van der Waals surface area contributed by atoms with E-state index < -0.39 is 17.8 Å². The lowest BCUT2D eigenvalue weighted by Gasteiger charge is -2.12. The van der Waals surface area contributed by atoms with Gasteiger partial charge in [0.05, 0.1) is 12.1 Å². The van der Waals surface area contributed by atoms with Crippen molar-refractivity contribution in [1.82, 2.24) is 9.55 Å². The fourth-order valence-electron chi connectivity index (χ4n) is 2.87. The van der Waals surface area contributed by atoms with Crippen LogP contribution < -0.4 is 10.1 Å². The third-order valence-corrected chi connectivity index (χ3v) is 4.69. The van der Waals surface area contributed by atoms with E-state index in [9.17, 15) is 18.0 Å². The summed E-state index contributed by atoms with van der Waals surface area (Å²) in [6, 6.07) is 6.84. The highest BCUT2D eigenvalue weighted by Gasteiger charge is 2.30. The van der Waals surface area contributed by atoms with Gasteiger partial charge in [0.25, 0.3) is 0 Å². The molecule has 0 fully saturated rings. The molecule has 9 heteroatoms. The number of anilines is 1. The molecule has 1 amide bonds. The van der Waals surface area contributed by atoms with E-state index in [1.807, 2.05) is 0 Å². The van der Waals surface area contributed by atoms with Gasteiger partial charge in [0.1, 0.15) is 0 Å². The van der Waals surface area contributed by atoms with Gasteiger partial charge in [-0.15, -0.1) is 11.3 Å². The zero-order valence-electron chi connectivity index (χ0n) is 15.9. The Morgan fingerprint density at radius 1 is 1.28 bits per heavy atom. The lowest BCUT2D eigenvalue weighted by Crippen LogP contribution is -2.18. The molecule has 154 valence electrons. The topological polar surface area (TPSA) is 56.1 Å². The predicted octanol–water partition coefficient (Wildman–Crippen LogP) is 5.82. The Hall–Kier alpha value is -2.81. The molecule has 1 aromatic carbocycles. The molecule has 5 nitrogen and oxygen atoms in total. The minimum Gasteiger partial charge on any atom is -0.393 e. The summed E-state index contributed by atoms with van der Waals surface area (Å²) in [5.41, 5.74) is 0.675. The Bertz CT molecular complexity index is 966. The van der Waals surface area contributed by atoms with E-state index in [2.05, 4.69) is 24.1 Å². The first-order chi connectivity index (χ1) is 13.7. The molecule has 0 aliphatic carbocycles. The minimum absolute atomic E-state index is 0.141. The van der Waals surface area contributed by atoms with Gasteiger partial charge in [-0.3, -0.25) is 5.32 Å². The number of amides is 1. The average molecular weight is 423 g/mol. The number of thiazole rings is 1. The van der Waals surface area contributed by atoms with Crippen LogP contribution in [-0.4, -0.2) is 15.6 Å². The van der Waals surface area contributed by atoms with Gasteiger partial charge in [0, 0.05) is 23.8 Å². The van der Waals surface area contributed by atoms with Crippen LogP contribution in [0.1, 0.15) is 30.5 Å². The maximum atomic E-state index is 13.0. The molecule has 2 aromatic heterocycles. The molecule has 3 aromatic rings. The van der Waals surface area contributed by atoms with Gasteiger partial charge in [-0.05, 0) is 35.6 Å². The van der Waals surface area contributed by atoms with Crippen LogP contribution in [-0.2, 0) is 19.1 Å². The number of nitrogens with zero attached hydrogens (tertiary/aromatic N) is 2. The molecule has 0 unspecified atom stereocenters. The van der Waals surface area contributed by atoms with Crippen molar-refractivity contribution in [3.8, 4) is 5.88 Å². The largest absolute Gasteiger partial charge is 0.420 e. The zero-order chi connectivity index (χ0) is 21.0. The van der Waals surface area contributed by atoms with E-state index in [0.29, 0.717) is 16.6 Å². The van der Waals surface area contributed by atoms with E-state index in [4.69, 9.17) is 4.74 Å². The summed E-state index contributed by atoms with van der Waals surface area (Å²) < 4.78 is 46.0. The van der Waals surface area contributed by atoms with Crippen LogP contribution in [0.4, 0.5) is 23.1 Å². The van der Waals surface area contributed by atoms with Crippen LogP contribution in [0.2, 0.25) is 0 Å². The molecule has 0 aliphatic rings. The number of hydrogen-bond donors (Lipinski definition) is 1. The summed E-state index contributed by atoms with van der Waals surface area (Å²) in [5.74, 6) is 0.628. The second-order valence-electron chi connectivity index (χ2n) is 6.96. The first kappa shape index (κ1) is 20.9. The monoisotopic (exact) mass is 423 g/mol. The number of ether oxygens (including phenoxy) is 1. The van der Waals surface area contributed by atoms with Gasteiger partial charge in [-0.25, -0.2) is 9.78 Å². The molecule has 0 aliphatic heterocycles. The molecular weight excluding hydrogens is 403 g/mol. The summed E-state index contributed by atoms with van der Waals surface area (Å²) in [5, 5.41) is 4.64. The molecule has 0 atom stereocenters. The Morgan fingerprint density at radius 2 is 2.07 bits per heavy atom. The van der Waals surface area contributed by atoms with Crippen LogP contribution in [0, 0.1) is 5.92 Å². The molecule has 0 saturated carbocycles. The van der Waals surface area contributed by atoms with Crippen LogP contribution in [0.5, 0.6) is 5.88 Å². The maximum absolute atomic E-state index is 13.0. The molecule has 3 rings (SSSR count). The summed E-state index contributed by atoms with van der Waals surface area (Å²) in [6.45, 7) is 4.25. The fourth-order valence-corrected chi connectivity index (χ4v) is 3.39. The van der Waals surface area contributed by atoms with E-state index in [0.717, 1.165) is 24.1 Å². The number of halogens is 3. The number of nitrogens with one attached hydrogen (secondary N) is 1. The quantitative estimate of drug-likeness (QED) is 0.543. The van der Waals surface area contributed by atoms with Gasteiger partial charge in [0.15, 0.2) is 5.13 Å². The maximum Gasteiger partial charge on any atom is 0.420 e. The van der Waals surface area contributed by atoms with Gasteiger partial charge in [-0.2, -0.15) is 13.2 Å². The van der Waals surface area contributed by atoms with Crippen molar-refractivity contribution in [2.75, 3.05) is 5.32 Å². The number of carbonyl (C=O) groups is 1. The number of rotatable bonds is 6. The fraction of sp³-hybridized carbons (Fsp3) is 0.300. The van der Waals surface area contributed by atoms with Crippen molar-refractivity contribution in [3.63, 3.8) is 0 Å². The number of aromatic nitrogens is 2. The normalized spacial score (nSPS) is 11.7. The van der Waals surface area contributed by atoms with Crippen LogP contribution in [0.15, 0.2) is 48.1 Å². The third kappa shape index (κ3) is 5.83. The van der Waals surface area contributed by atoms with Crippen molar-refractivity contribution in [1.29, 1.82) is 0 Å². The molecule has 29 heavy (non-hydrogen) atoms. The van der Waals surface area contributed by atoms with Crippen molar-refractivity contribution in [2.24, 2.45) is 5.92 Å². The lowest BCUT2D eigenvalue weighted by molar-refractivity contribution is -0.137. The highest BCUT2D eigenvalue weighted by molar-refractivity contribution is 7.13.